The summed E-state index contributed by atoms with van der Waals surface area (Å²) < 4.78 is 62.4. The average Bonchev–Trinajstić information content (AvgIpc) is 3.22. The number of piperidine rings is 1. The van der Waals surface area contributed by atoms with E-state index in [1.165, 1.54) is 30.4 Å². The first-order valence-electron chi connectivity index (χ1n) is 13.0. The molecule has 2 atom stereocenters. The molecule has 1 aromatic carbocycles. The summed E-state index contributed by atoms with van der Waals surface area (Å²) >= 11 is 1.50. The highest BCUT2D eigenvalue weighted by Gasteiger charge is 2.24. The van der Waals surface area contributed by atoms with Gasteiger partial charge in [-0.15, -0.1) is 11.3 Å². The van der Waals surface area contributed by atoms with E-state index in [1.54, 1.807) is 26.1 Å². The molecule has 3 heterocycles. The molecule has 3 N–H and O–H groups in total. The van der Waals surface area contributed by atoms with Crippen molar-refractivity contribution in [3.8, 4) is 22.1 Å². The zero-order valence-electron chi connectivity index (χ0n) is 22.8. The van der Waals surface area contributed by atoms with Crippen molar-refractivity contribution in [2.75, 3.05) is 29.7 Å². The number of sulfonamides is 1. The van der Waals surface area contributed by atoms with E-state index in [0.717, 1.165) is 21.9 Å². The zero-order chi connectivity index (χ0) is 28.3. The molecule has 0 aliphatic carbocycles. The fourth-order valence-corrected chi connectivity index (χ4v) is 6.31. The van der Waals surface area contributed by atoms with Crippen molar-refractivity contribution >= 4 is 33.0 Å². The molecular weight excluding hydrogens is 544 g/mol. The molecule has 2 aromatic heterocycles. The summed E-state index contributed by atoms with van der Waals surface area (Å²) in [6.45, 7) is 10.3. The van der Waals surface area contributed by atoms with Gasteiger partial charge in [-0.05, 0) is 71.2 Å². The van der Waals surface area contributed by atoms with Crippen molar-refractivity contribution in [1.82, 2.24) is 15.3 Å². The summed E-state index contributed by atoms with van der Waals surface area (Å²) in [7, 11) is -3.63. The topological polar surface area (TPSA) is 105 Å². The molecule has 0 amide bonds. The second-order valence-corrected chi connectivity index (χ2v) is 13.5. The van der Waals surface area contributed by atoms with Crippen molar-refractivity contribution < 1.29 is 21.9 Å². The van der Waals surface area contributed by atoms with Crippen LogP contribution in [0.1, 0.15) is 43.2 Å². The first-order valence-corrected chi connectivity index (χ1v) is 15.4. The molecule has 1 aliphatic heterocycles. The van der Waals surface area contributed by atoms with Crippen LogP contribution >= 0.6 is 11.3 Å². The number of nitrogens with zero attached hydrogens (tertiary/aromatic N) is 2. The number of hydrogen-bond acceptors (Lipinski definition) is 8. The van der Waals surface area contributed by atoms with Crippen molar-refractivity contribution in [2.45, 2.75) is 58.9 Å². The number of hydrogen-bond donors (Lipinski definition) is 3. The van der Waals surface area contributed by atoms with E-state index in [0.29, 0.717) is 43.3 Å². The largest absolute Gasteiger partial charge is 0.452 e. The van der Waals surface area contributed by atoms with E-state index in [1.807, 2.05) is 13.8 Å². The Kier molecular flexibility index (Phi) is 9.07. The van der Waals surface area contributed by atoms with Crippen LogP contribution in [0.5, 0.6) is 11.5 Å². The first kappa shape index (κ1) is 29.2. The second-order valence-electron chi connectivity index (χ2n) is 10.0. The van der Waals surface area contributed by atoms with Crippen molar-refractivity contribution in [2.24, 2.45) is 5.92 Å². The summed E-state index contributed by atoms with van der Waals surface area (Å²) in [5, 5.41) is 5.65. The first-order chi connectivity index (χ1) is 18.5. The number of anilines is 2. The highest BCUT2D eigenvalue weighted by atomic mass is 32.2. The quantitative estimate of drug-likeness (QED) is 0.278. The van der Waals surface area contributed by atoms with E-state index in [2.05, 4.69) is 25.3 Å². The third-order valence-corrected chi connectivity index (χ3v) is 9.67. The standard InChI is InChI=1S/C27H35F2N5O3S2/c1-6-20-17(5)38-26(22-9-10-31-27(33-22)32-13-18-11-19(28)14-30-12-18)25(20)37-23-8-7-21(16(4)24(23)29)34-39(35,36)15(2)3/h7-10,15,18-19,30,34H,6,11-14H2,1-5H3,(H,31,32,33)/t18-,19-/m0/s1. The van der Waals surface area contributed by atoms with E-state index in [-0.39, 0.29) is 22.9 Å². The maximum absolute atomic E-state index is 15.4. The van der Waals surface area contributed by atoms with Gasteiger partial charge in [0.15, 0.2) is 17.3 Å². The minimum Gasteiger partial charge on any atom is -0.452 e. The number of ether oxygens (including phenoxy) is 1. The fraction of sp³-hybridized carbons (Fsp3) is 0.481. The van der Waals surface area contributed by atoms with Crippen molar-refractivity contribution in [3.63, 3.8) is 0 Å². The molecule has 0 saturated carbocycles. The van der Waals surface area contributed by atoms with Gasteiger partial charge in [0.2, 0.25) is 16.0 Å². The Morgan fingerprint density at radius 3 is 2.69 bits per heavy atom. The van der Waals surface area contributed by atoms with E-state index >= 15 is 4.39 Å². The van der Waals surface area contributed by atoms with Crippen LogP contribution in [-0.4, -0.2) is 49.4 Å². The zero-order valence-corrected chi connectivity index (χ0v) is 24.4. The predicted octanol–water partition coefficient (Wildman–Crippen LogP) is 5.83. The number of benzene rings is 1. The molecule has 212 valence electrons. The smallest absolute Gasteiger partial charge is 0.235 e. The number of rotatable bonds is 10. The molecule has 4 rings (SSSR count). The molecule has 0 unspecified atom stereocenters. The van der Waals surface area contributed by atoms with Crippen LogP contribution in [-0.2, 0) is 16.4 Å². The summed E-state index contributed by atoms with van der Waals surface area (Å²) in [4.78, 5) is 10.8. The Morgan fingerprint density at radius 2 is 2.00 bits per heavy atom. The van der Waals surface area contributed by atoms with Crippen molar-refractivity contribution in [1.29, 1.82) is 0 Å². The normalized spacial score (nSPS) is 17.8. The van der Waals surface area contributed by atoms with Gasteiger partial charge in [-0.1, -0.05) is 6.92 Å². The van der Waals surface area contributed by atoms with Gasteiger partial charge in [0.1, 0.15) is 6.17 Å². The van der Waals surface area contributed by atoms with E-state index in [9.17, 15) is 12.8 Å². The van der Waals surface area contributed by atoms with Gasteiger partial charge in [-0.25, -0.2) is 27.2 Å². The average molecular weight is 580 g/mol. The van der Waals surface area contributed by atoms with Gasteiger partial charge < -0.3 is 15.4 Å². The summed E-state index contributed by atoms with van der Waals surface area (Å²) in [5.41, 5.74) is 1.88. The highest BCUT2D eigenvalue weighted by Crippen LogP contribution is 2.45. The molecular formula is C27H35F2N5O3S2. The molecule has 1 aliphatic rings. The lowest BCUT2D eigenvalue weighted by atomic mass is 9.98. The lowest BCUT2D eigenvalue weighted by Gasteiger charge is -2.25. The summed E-state index contributed by atoms with van der Waals surface area (Å²) in [5.74, 6) is 0.414. The Bertz CT molecular complexity index is 1430. The fourth-order valence-electron chi connectivity index (χ4n) is 4.41. The predicted molar refractivity (Wildman–Crippen MR) is 153 cm³/mol. The molecule has 8 nitrogen and oxygen atoms in total. The number of thiophene rings is 1. The van der Waals surface area contributed by atoms with Gasteiger partial charge in [0.25, 0.3) is 0 Å². The lowest BCUT2D eigenvalue weighted by molar-refractivity contribution is 0.220. The molecule has 0 bridgehead atoms. The van der Waals surface area contributed by atoms with Gasteiger partial charge in [0.05, 0.1) is 21.5 Å². The SMILES string of the molecule is CCc1c(C)sc(-c2ccnc(NC[C@@H]3CNC[C@@H](F)C3)n2)c1Oc1ccc(NS(=O)(=O)C(C)C)c(C)c1F. The highest BCUT2D eigenvalue weighted by molar-refractivity contribution is 7.93. The second kappa shape index (κ2) is 12.1. The van der Waals surface area contributed by atoms with Gasteiger partial charge >= 0.3 is 0 Å². The Hall–Kier alpha value is -2.83. The number of alkyl halides is 1. The lowest BCUT2D eigenvalue weighted by Crippen LogP contribution is -2.40. The molecule has 3 aromatic rings. The number of aryl methyl sites for hydroxylation is 1. The van der Waals surface area contributed by atoms with Gasteiger partial charge in [-0.3, -0.25) is 4.72 Å². The van der Waals surface area contributed by atoms with Crippen molar-refractivity contribution in [3.05, 3.63) is 46.2 Å². The minimum absolute atomic E-state index is 0.00766. The van der Waals surface area contributed by atoms with Crippen LogP contribution in [0, 0.1) is 25.6 Å². The molecule has 0 spiro atoms. The third-order valence-electron chi connectivity index (χ3n) is 6.77. The minimum atomic E-state index is -3.63. The van der Waals surface area contributed by atoms with Crippen LogP contribution < -0.4 is 20.1 Å². The molecule has 39 heavy (non-hydrogen) atoms. The molecule has 1 fully saturated rings. The summed E-state index contributed by atoms with van der Waals surface area (Å²) in [6, 6.07) is 4.71. The van der Waals surface area contributed by atoms with Crippen LogP contribution in [0.15, 0.2) is 24.4 Å². The third kappa shape index (κ3) is 6.67. The molecule has 12 heteroatoms. The van der Waals surface area contributed by atoms with Gasteiger partial charge in [0, 0.05) is 35.3 Å². The van der Waals surface area contributed by atoms with E-state index in [4.69, 9.17) is 4.74 Å². The molecule has 0 radical (unpaired) electrons. The number of halogens is 2. The number of aromatic nitrogens is 2. The summed E-state index contributed by atoms with van der Waals surface area (Å²) in [6.07, 6.45) is 1.95. The van der Waals surface area contributed by atoms with Crippen LogP contribution in [0.25, 0.3) is 10.6 Å². The van der Waals surface area contributed by atoms with Crippen LogP contribution in [0.2, 0.25) is 0 Å². The monoisotopic (exact) mass is 579 g/mol. The maximum atomic E-state index is 15.4. The maximum Gasteiger partial charge on any atom is 0.235 e. The van der Waals surface area contributed by atoms with Crippen LogP contribution in [0.3, 0.4) is 0 Å². The number of nitrogens with one attached hydrogen (secondary N) is 3. The van der Waals surface area contributed by atoms with Gasteiger partial charge in [-0.2, -0.15) is 0 Å². The Labute approximate surface area is 232 Å². The Morgan fingerprint density at radius 1 is 1.23 bits per heavy atom. The molecule has 1 saturated heterocycles. The Balaban J connectivity index is 1.61. The van der Waals surface area contributed by atoms with Crippen LogP contribution in [0.4, 0.5) is 20.4 Å². The van der Waals surface area contributed by atoms with E-state index < -0.39 is 27.3 Å².